The van der Waals surface area contributed by atoms with Crippen LogP contribution in [0.25, 0.3) is 0 Å². The first-order valence-corrected chi connectivity index (χ1v) is 11.3. The highest BCUT2D eigenvalue weighted by molar-refractivity contribution is 6.03. The molecule has 2 aliphatic heterocycles. The molecule has 33 heavy (non-hydrogen) atoms. The molecule has 0 aliphatic carbocycles. The summed E-state index contributed by atoms with van der Waals surface area (Å²) < 4.78 is 10.9. The first kappa shape index (κ1) is 21.3. The summed E-state index contributed by atoms with van der Waals surface area (Å²) in [5.74, 6) is 1.54. The summed E-state index contributed by atoms with van der Waals surface area (Å²) in [6.45, 7) is 3.83. The van der Waals surface area contributed by atoms with E-state index in [1.54, 1.807) is 18.4 Å². The zero-order valence-corrected chi connectivity index (χ0v) is 18.8. The van der Waals surface area contributed by atoms with E-state index in [-0.39, 0.29) is 11.9 Å². The highest BCUT2D eigenvalue weighted by Crippen LogP contribution is 2.33. The van der Waals surface area contributed by atoms with E-state index in [4.69, 9.17) is 14.3 Å². The maximum atomic E-state index is 13.3. The van der Waals surface area contributed by atoms with Gasteiger partial charge < -0.3 is 14.1 Å². The highest BCUT2D eigenvalue weighted by atomic mass is 16.5. The Balaban J connectivity index is 1.28. The molecule has 7 nitrogen and oxygen atoms in total. The smallest absolute Gasteiger partial charge is 0.257 e. The van der Waals surface area contributed by atoms with Gasteiger partial charge in [-0.15, -0.1) is 0 Å². The van der Waals surface area contributed by atoms with Gasteiger partial charge in [0.15, 0.2) is 0 Å². The van der Waals surface area contributed by atoms with Crippen molar-refractivity contribution in [2.45, 2.75) is 12.5 Å². The third kappa shape index (κ3) is 4.64. The third-order valence-corrected chi connectivity index (χ3v) is 6.31. The van der Waals surface area contributed by atoms with Crippen LogP contribution in [0.2, 0.25) is 0 Å². The molecule has 1 atom stereocenters. The third-order valence-electron chi connectivity index (χ3n) is 6.31. The number of piperazine rings is 1. The molecule has 0 spiro atoms. The molecule has 1 aromatic heterocycles. The Morgan fingerprint density at radius 3 is 2.42 bits per heavy atom. The first-order valence-electron chi connectivity index (χ1n) is 11.3. The number of hydrazone groups is 1. The summed E-state index contributed by atoms with van der Waals surface area (Å²) in [7, 11) is 1.65. The maximum Gasteiger partial charge on any atom is 0.257 e. The van der Waals surface area contributed by atoms with Crippen molar-refractivity contribution in [1.29, 1.82) is 0 Å². The Kier molecular flexibility index (Phi) is 6.13. The molecule has 3 aromatic rings. The number of hydrogen-bond acceptors (Lipinski definition) is 6. The molecule has 1 saturated heterocycles. The van der Waals surface area contributed by atoms with E-state index < -0.39 is 0 Å². The predicted molar refractivity (Wildman–Crippen MR) is 128 cm³/mol. The fourth-order valence-electron chi connectivity index (χ4n) is 4.47. The van der Waals surface area contributed by atoms with Crippen molar-refractivity contribution in [3.05, 3.63) is 84.3 Å². The molecular weight excluding hydrogens is 416 g/mol. The summed E-state index contributed by atoms with van der Waals surface area (Å²) in [5, 5.41) is 6.35. The number of carbonyl (C=O) groups is 1. The van der Waals surface area contributed by atoms with E-state index in [1.807, 2.05) is 42.5 Å². The molecule has 0 bridgehead atoms. The maximum absolute atomic E-state index is 13.3. The van der Waals surface area contributed by atoms with Gasteiger partial charge in [-0.2, -0.15) is 5.10 Å². The van der Waals surface area contributed by atoms with Crippen LogP contribution >= 0.6 is 0 Å². The summed E-state index contributed by atoms with van der Waals surface area (Å²) in [5.41, 5.74) is 3.09. The largest absolute Gasteiger partial charge is 0.497 e. The molecule has 0 radical (unpaired) electrons. The average Bonchev–Trinajstić information content (AvgIpc) is 3.55. The average molecular weight is 445 g/mol. The first-order chi connectivity index (χ1) is 16.2. The van der Waals surface area contributed by atoms with Crippen molar-refractivity contribution >= 4 is 17.3 Å². The SMILES string of the molecule is COc1ccc(C2=NN(C(=O)CN3CCN(c4ccccc4)CC3)C(c3ccco3)C2)cc1. The summed E-state index contributed by atoms with van der Waals surface area (Å²) in [6.07, 6.45) is 2.26. The molecular formula is C26H28N4O3. The highest BCUT2D eigenvalue weighted by Gasteiger charge is 2.35. The van der Waals surface area contributed by atoms with Gasteiger partial charge in [0, 0.05) is 38.3 Å². The molecule has 1 fully saturated rings. The predicted octanol–water partition coefficient (Wildman–Crippen LogP) is 3.79. The number of rotatable bonds is 6. The standard InChI is InChI=1S/C26H28N4O3/c1-32-22-11-9-20(10-12-22)23-18-24(25-8-5-17-33-25)30(27-23)26(31)19-28-13-15-29(16-14-28)21-6-3-2-4-7-21/h2-12,17,24H,13-16,18-19H2,1H3. The van der Waals surface area contributed by atoms with Crippen LogP contribution < -0.4 is 9.64 Å². The van der Waals surface area contributed by atoms with Crippen LogP contribution in [0.4, 0.5) is 5.69 Å². The van der Waals surface area contributed by atoms with E-state index in [0.29, 0.717) is 13.0 Å². The molecule has 0 N–H and O–H groups in total. The summed E-state index contributed by atoms with van der Waals surface area (Å²) in [4.78, 5) is 17.9. The van der Waals surface area contributed by atoms with Crippen molar-refractivity contribution in [3.63, 3.8) is 0 Å². The number of ether oxygens (including phenoxy) is 1. The van der Waals surface area contributed by atoms with Gasteiger partial charge in [0.05, 0.1) is 25.6 Å². The minimum absolute atomic E-state index is 0.00641. The zero-order valence-electron chi connectivity index (χ0n) is 18.8. The molecule has 1 unspecified atom stereocenters. The van der Waals surface area contributed by atoms with Gasteiger partial charge in [-0.05, 0) is 54.1 Å². The lowest BCUT2D eigenvalue weighted by molar-refractivity contribution is -0.134. The second-order valence-corrected chi connectivity index (χ2v) is 8.35. The lowest BCUT2D eigenvalue weighted by Crippen LogP contribution is -2.49. The van der Waals surface area contributed by atoms with Gasteiger partial charge in [0.1, 0.15) is 17.6 Å². The Morgan fingerprint density at radius 2 is 1.76 bits per heavy atom. The quantitative estimate of drug-likeness (QED) is 0.579. The number of methoxy groups -OCH3 is 1. The Labute approximate surface area is 193 Å². The topological polar surface area (TPSA) is 61.5 Å². The number of carbonyl (C=O) groups excluding carboxylic acids is 1. The second kappa shape index (κ2) is 9.50. The number of anilines is 1. The van der Waals surface area contributed by atoms with E-state index >= 15 is 0 Å². The van der Waals surface area contributed by atoms with Crippen LogP contribution in [-0.4, -0.2) is 61.4 Å². The van der Waals surface area contributed by atoms with Gasteiger partial charge in [0.25, 0.3) is 5.91 Å². The number of nitrogens with zero attached hydrogens (tertiary/aromatic N) is 4. The van der Waals surface area contributed by atoms with Crippen LogP contribution in [0, 0.1) is 0 Å². The number of para-hydroxylation sites is 1. The molecule has 170 valence electrons. The van der Waals surface area contributed by atoms with Crippen LogP contribution in [0.5, 0.6) is 5.75 Å². The lowest BCUT2D eigenvalue weighted by Gasteiger charge is -2.36. The van der Waals surface area contributed by atoms with Gasteiger partial charge >= 0.3 is 0 Å². The Bertz CT molecular complexity index is 1090. The Hall–Kier alpha value is -3.58. The van der Waals surface area contributed by atoms with E-state index in [1.165, 1.54) is 5.69 Å². The van der Waals surface area contributed by atoms with Crippen molar-refractivity contribution in [3.8, 4) is 5.75 Å². The molecule has 7 heteroatoms. The number of benzene rings is 2. The molecule has 3 heterocycles. The fourth-order valence-corrected chi connectivity index (χ4v) is 4.47. The molecule has 2 aromatic carbocycles. The molecule has 2 aliphatic rings. The van der Waals surface area contributed by atoms with Crippen LogP contribution in [0.3, 0.4) is 0 Å². The van der Waals surface area contributed by atoms with Crippen LogP contribution in [0.15, 0.2) is 82.5 Å². The minimum Gasteiger partial charge on any atom is -0.497 e. The van der Waals surface area contributed by atoms with Crippen molar-refractivity contribution in [2.75, 3.05) is 44.7 Å². The van der Waals surface area contributed by atoms with Gasteiger partial charge in [-0.3, -0.25) is 9.69 Å². The summed E-state index contributed by atoms with van der Waals surface area (Å²) >= 11 is 0. The van der Waals surface area contributed by atoms with E-state index in [9.17, 15) is 4.79 Å². The van der Waals surface area contributed by atoms with Crippen molar-refractivity contribution in [2.24, 2.45) is 5.10 Å². The minimum atomic E-state index is -0.227. The monoisotopic (exact) mass is 444 g/mol. The number of furan rings is 1. The Morgan fingerprint density at radius 1 is 1.00 bits per heavy atom. The normalized spacial score (nSPS) is 18.9. The number of hydrogen-bond donors (Lipinski definition) is 0. The van der Waals surface area contributed by atoms with Crippen molar-refractivity contribution in [1.82, 2.24) is 9.91 Å². The van der Waals surface area contributed by atoms with Crippen LogP contribution in [-0.2, 0) is 4.79 Å². The van der Waals surface area contributed by atoms with Crippen LogP contribution in [0.1, 0.15) is 23.8 Å². The van der Waals surface area contributed by atoms with Gasteiger partial charge in [-0.1, -0.05) is 18.2 Å². The van der Waals surface area contributed by atoms with E-state index in [0.717, 1.165) is 49.0 Å². The summed E-state index contributed by atoms with van der Waals surface area (Å²) in [6, 6.07) is 21.7. The van der Waals surface area contributed by atoms with Crippen molar-refractivity contribution < 1.29 is 13.9 Å². The van der Waals surface area contributed by atoms with E-state index in [2.05, 4.69) is 34.1 Å². The zero-order chi connectivity index (χ0) is 22.6. The molecule has 0 saturated carbocycles. The van der Waals surface area contributed by atoms with Gasteiger partial charge in [-0.25, -0.2) is 5.01 Å². The second-order valence-electron chi connectivity index (χ2n) is 8.35. The molecule has 1 amide bonds. The fraction of sp³-hybridized carbons (Fsp3) is 0.308. The molecule has 5 rings (SSSR count). The number of amides is 1. The van der Waals surface area contributed by atoms with Gasteiger partial charge in [0.2, 0.25) is 0 Å². The lowest BCUT2D eigenvalue weighted by atomic mass is 10.0.